The second-order valence-corrected chi connectivity index (χ2v) is 16.4. The van der Waals surface area contributed by atoms with Crippen molar-refractivity contribution in [3.63, 3.8) is 0 Å². The van der Waals surface area contributed by atoms with Crippen LogP contribution in [0.15, 0.2) is 36.8 Å². The number of piperidine rings is 2. The quantitative estimate of drug-likeness (QED) is 0.237. The minimum absolute atomic E-state index is 0.00600. The van der Waals surface area contributed by atoms with Crippen molar-refractivity contribution in [2.45, 2.75) is 44.2 Å². The largest absolute Gasteiger partial charge is 0.371 e. The van der Waals surface area contributed by atoms with Gasteiger partial charge in [-0.3, -0.25) is 39.1 Å². The predicted octanol–water partition coefficient (Wildman–Crippen LogP) is 0.495. The molecule has 1 unspecified atom stereocenters. The molecule has 5 saturated heterocycles. The van der Waals surface area contributed by atoms with Crippen LogP contribution in [0, 0.1) is 5.92 Å². The number of aromatic nitrogens is 4. The Balaban J connectivity index is 0.771. The van der Waals surface area contributed by atoms with Gasteiger partial charge in [-0.25, -0.2) is 24.7 Å². The molecule has 6 aliphatic heterocycles. The Morgan fingerprint density at radius 2 is 1.62 bits per heavy atom. The molecule has 0 radical (unpaired) electrons. The summed E-state index contributed by atoms with van der Waals surface area (Å²) >= 11 is 0. The zero-order valence-corrected chi connectivity index (χ0v) is 33.5. The first kappa shape index (κ1) is 39.0. The lowest BCUT2D eigenvalue weighted by molar-refractivity contribution is -0.136. The van der Waals surface area contributed by atoms with Crippen molar-refractivity contribution in [2.24, 2.45) is 11.7 Å². The molecule has 3 atom stereocenters. The molecular formula is C40H48N14O6. The van der Waals surface area contributed by atoms with Crippen LogP contribution < -0.4 is 31.1 Å². The lowest BCUT2D eigenvalue weighted by atomic mass is 10.0. The third-order valence-electron chi connectivity index (χ3n) is 12.5. The number of hydrogen-bond donors (Lipinski definition) is 3. The first-order chi connectivity index (χ1) is 29.0. The van der Waals surface area contributed by atoms with Gasteiger partial charge >= 0.3 is 6.03 Å². The van der Waals surface area contributed by atoms with Gasteiger partial charge in [-0.1, -0.05) is 0 Å². The molecule has 7 amide bonds. The van der Waals surface area contributed by atoms with Gasteiger partial charge in [-0.05, 0) is 49.8 Å². The van der Waals surface area contributed by atoms with Crippen LogP contribution in [0.3, 0.4) is 0 Å². The van der Waals surface area contributed by atoms with E-state index in [1.165, 1.54) is 0 Å². The van der Waals surface area contributed by atoms with E-state index in [9.17, 15) is 28.8 Å². The fourth-order valence-electron chi connectivity index (χ4n) is 9.28. The van der Waals surface area contributed by atoms with Crippen LogP contribution in [0.1, 0.15) is 63.3 Å². The minimum atomic E-state index is -0.988. The number of urea groups is 1. The summed E-state index contributed by atoms with van der Waals surface area (Å²) in [5.41, 5.74) is 7.66. The SMILES string of the molecule is CN1CCN([C@@H]2CCCN(c3cnc(C(N)=O)c(Nc4cnc(N5CCN(C[C@H]6CCN(c7ccc8c(c7)C(=O)N(C7CCC(=O)NC7=O)C8=O)C6)CC5)nc4)n3)C2)C1=O. The van der Waals surface area contributed by atoms with Crippen LogP contribution in [0.25, 0.3) is 0 Å². The van der Waals surface area contributed by atoms with Crippen LogP contribution in [-0.2, 0) is 9.59 Å². The molecule has 0 spiro atoms. The lowest BCUT2D eigenvalue weighted by Crippen LogP contribution is -2.54. The highest BCUT2D eigenvalue weighted by Crippen LogP contribution is 2.33. The first-order valence-electron chi connectivity index (χ1n) is 20.6. The number of rotatable bonds is 10. The van der Waals surface area contributed by atoms with Crippen LogP contribution in [0.4, 0.5) is 33.8 Å². The number of primary amides is 1. The number of anilines is 5. The minimum Gasteiger partial charge on any atom is -0.371 e. The van der Waals surface area contributed by atoms with Crippen molar-refractivity contribution in [1.29, 1.82) is 0 Å². The molecule has 3 aromatic rings. The smallest absolute Gasteiger partial charge is 0.320 e. The maximum absolute atomic E-state index is 13.4. The van der Waals surface area contributed by atoms with Crippen molar-refractivity contribution in [3.05, 3.63) is 53.6 Å². The average Bonchev–Trinajstić information content (AvgIpc) is 3.93. The van der Waals surface area contributed by atoms with Gasteiger partial charge in [-0.15, -0.1) is 0 Å². The van der Waals surface area contributed by atoms with Gasteiger partial charge in [0.2, 0.25) is 17.8 Å². The molecule has 2 aromatic heterocycles. The van der Waals surface area contributed by atoms with E-state index >= 15 is 0 Å². The van der Waals surface area contributed by atoms with Gasteiger partial charge in [0, 0.05) is 91.1 Å². The normalized spacial score (nSPS) is 23.8. The summed E-state index contributed by atoms with van der Waals surface area (Å²) in [5.74, 6) is -0.912. The highest BCUT2D eigenvalue weighted by molar-refractivity contribution is 6.23. The van der Waals surface area contributed by atoms with E-state index in [2.05, 4.69) is 45.2 Å². The number of piperazine rings is 1. The number of imide groups is 2. The monoisotopic (exact) mass is 820 g/mol. The zero-order valence-electron chi connectivity index (χ0n) is 33.5. The maximum Gasteiger partial charge on any atom is 0.320 e. The van der Waals surface area contributed by atoms with Crippen LogP contribution in [-0.4, -0.2) is 166 Å². The Hall–Kier alpha value is -6.44. The molecule has 4 N–H and O–H groups in total. The summed E-state index contributed by atoms with van der Waals surface area (Å²) in [5, 5.41) is 5.39. The Labute approximate surface area is 346 Å². The summed E-state index contributed by atoms with van der Waals surface area (Å²) < 4.78 is 0. The Kier molecular flexibility index (Phi) is 10.4. The van der Waals surface area contributed by atoms with E-state index < -0.39 is 35.6 Å². The van der Waals surface area contributed by atoms with Crippen molar-refractivity contribution < 1.29 is 28.8 Å². The number of hydrogen-bond acceptors (Lipinski definition) is 15. The number of nitrogens with one attached hydrogen (secondary N) is 2. The van der Waals surface area contributed by atoms with E-state index in [-0.39, 0.29) is 42.0 Å². The number of nitrogens with two attached hydrogens (primary N) is 1. The number of amides is 7. The maximum atomic E-state index is 13.4. The molecule has 9 rings (SSSR count). The third kappa shape index (κ3) is 7.50. The topological polar surface area (TPSA) is 227 Å². The highest BCUT2D eigenvalue weighted by Gasteiger charge is 2.45. The second kappa shape index (κ2) is 16.0. The number of likely N-dealkylation sites (N-methyl/N-ethyl adjacent to an activating group) is 1. The summed E-state index contributed by atoms with van der Waals surface area (Å²) in [4.78, 5) is 108. The molecule has 314 valence electrons. The molecule has 5 fully saturated rings. The van der Waals surface area contributed by atoms with Gasteiger partial charge in [0.1, 0.15) is 11.9 Å². The summed E-state index contributed by atoms with van der Waals surface area (Å²) in [6.07, 6.45) is 7.86. The number of nitrogens with zero attached hydrogens (tertiary/aromatic N) is 11. The summed E-state index contributed by atoms with van der Waals surface area (Å²) in [7, 11) is 1.82. The van der Waals surface area contributed by atoms with Crippen molar-refractivity contribution in [1.82, 2.24) is 44.9 Å². The summed E-state index contributed by atoms with van der Waals surface area (Å²) in [6, 6.07) is 4.41. The zero-order chi connectivity index (χ0) is 41.7. The van der Waals surface area contributed by atoms with E-state index in [0.717, 1.165) is 82.2 Å². The van der Waals surface area contributed by atoms with Crippen molar-refractivity contribution in [3.8, 4) is 0 Å². The number of benzene rings is 1. The molecule has 60 heavy (non-hydrogen) atoms. The van der Waals surface area contributed by atoms with Gasteiger partial charge in [0.25, 0.3) is 17.7 Å². The predicted molar refractivity (Wildman–Crippen MR) is 218 cm³/mol. The molecular weight excluding hydrogens is 773 g/mol. The van der Waals surface area contributed by atoms with Crippen molar-refractivity contribution in [2.75, 3.05) is 99.1 Å². The van der Waals surface area contributed by atoms with Crippen LogP contribution in [0.2, 0.25) is 0 Å². The highest BCUT2D eigenvalue weighted by atomic mass is 16.2. The molecule has 6 aliphatic rings. The van der Waals surface area contributed by atoms with Gasteiger partial charge in [0.05, 0.1) is 41.4 Å². The van der Waals surface area contributed by atoms with Gasteiger partial charge in [0.15, 0.2) is 11.5 Å². The number of fused-ring (bicyclic) bond motifs is 1. The third-order valence-corrected chi connectivity index (χ3v) is 12.5. The van der Waals surface area contributed by atoms with Gasteiger partial charge in [-0.2, -0.15) is 0 Å². The molecule has 8 heterocycles. The Morgan fingerprint density at radius 1 is 0.833 bits per heavy atom. The molecule has 20 heteroatoms. The average molecular weight is 821 g/mol. The second-order valence-electron chi connectivity index (χ2n) is 16.4. The molecule has 0 saturated carbocycles. The van der Waals surface area contributed by atoms with E-state index in [1.807, 2.05) is 18.0 Å². The van der Waals surface area contributed by atoms with Crippen LogP contribution in [0.5, 0.6) is 0 Å². The Bertz CT molecular complexity index is 2230. The standard InChI is InChI=1S/C40H48N14O6/c1-48-11-16-53(40(48)60)27-3-2-9-52(23-27)31-20-42-33(34(41)56)35(46-31)45-25-18-43-39(44-19-25)50-14-12-49(13-15-50)21-24-8-10-51(22-24)26-4-5-28-29(17-26)38(59)54(37(28)58)30-6-7-32(55)47-36(30)57/h4-5,17-20,24,27,30H,2-3,6-16,21-23H2,1H3,(H2,41,56)(H,45,46)(H,47,55,57)/t24-,27-,30?/m1/s1. The number of carbonyl (C=O) groups is 6. The van der Waals surface area contributed by atoms with E-state index in [4.69, 9.17) is 10.7 Å². The van der Waals surface area contributed by atoms with E-state index in [1.54, 1.807) is 35.6 Å². The molecule has 1 aromatic carbocycles. The van der Waals surface area contributed by atoms with E-state index in [0.29, 0.717) is 48.6 Å². The molecule has 0 bridgehead atoms. The summed E-state index contributed by atoms with van der Waals surface area (Å²) in [6.45, 7) is 8.54. The lowest BCUT2D eigenvalue weighted by Gasteiger charge is -2.37. The first-order valence-corrected chi connectivity index (χ1v) is 20.6. The molecule has 0 aliphatic carbocycles. The van der Waals surface area contributed by atoms with Crippen molar-refractivity contribution >= 4 is 64.5 Å². The van der Waals surface area contributed by atoms with Gasteiger partial charge < -0.3 is 35.6 Å². The number of carbonyl (C=O) groups excluding carboxylic acids is 6. The molecule has 20 nitrogen and oxygen atoms in total. The Morgan fingerprint density at radius 3 is 2.35 bits per heavy atom. The van der Waals surface area contributed by atoms with Crippen LogP contribution >= 0.6 is 0 Å². The fourth-order valence-corrected chi connectivity index (χ4v) is 9.28. The fraction of sp³-hybridized carbons (Fsp3) is 0.500.